The molecule has 0 aliphatic heterocycles. The molecule has 0 aliphatic carbocycles. The van der Waals surface area contributed by atoms with Crippen molar-refractivity contribution in [2.75, 3.05) is 6.54 Å². The molecule has 0 fully saturated rings. The van der Waals surface area contributed by atoms with Gasteiger partial charge >= 0.3 is 0 Å². The second-order valence-corrected chi connectivity index (χ2v) is 5.06. The highest BCUT2D eigenvalue weighted by Crippen LogP contribution is 2.25. The minimum atomic E-state index is 0.459. The zero-order valence-electron chi connectivity index (χ0n) is 9.52. The summed E-state index contributed by atoms with van der Waals surface area (Å²) >= 11 is 1.80. The highest BCUT2D eigenvalue weighted by molar-refractivity contribution is 7.10. The Morgan fingerprint density at radius 1 is 1.19 bits per heavy atom. The van der Waals surface area contributed by atoms with Gasteiger partial charge in [-0.25, -0.2) is 0 Å². The van der Waals surface area contributed by atoms with E-state index in [1.54, 1.807) is 11.3 Å². The predicted octanol–water partition coefficient (Wildman–Crippen LogP) is 3.34. The molecule has 0 bridgehead atoms. The maximum atomic E-state index is 5.87. The molecule has 1 unspecified atom stereocenters. The first kappa shape index (κ1) is 11.4. The Hall–Kier alpha value is -1.12. The lowest BCUT2D eigenvalue weighted by Crippen LogP contribution is -2.14. The minimum absolute atomic E-state index is 0.459. The molecular weight excluding hydrogens is 214 g/mol. The summed E-state index contributed by atoms with van der Waals surface area (Å²) in [5.74, 6) is 0.459. The van der Waals surface area contributed by atoms with Gasteiger partial charge in [0.2, 0.25) is 0 Å². The van der Waals surface area contributed by atoms with Crippen molar-refractivity contribution in [3.63, 3.8) is 0 Å². The molecule has 0 spiro atoms. The standard InChI is InChI=1S/C14H17NS/c1-11-5-2-3-6-12(11)9-13(10-15)14-7-4-8-16-14/h2-8,13H,9-10,15H2,1H3. The highest BCUT2D eigenvalue weighted by Gasteiger charge is 2.12. The fourth-order valence-electron chi connectivity index (χ4n) is 1.93. The van der Waals surface area contributed by atoms with E-state index in [-0.39, 0.29) is 0 Å². The van der Waals surface area contributed by atoms with Crippen molar-refractivity contribution in [2.45, 2.75) is 19.3 Å². The van der Waals surface area contributed by atoms with E-state index in [0.717, 1.165) is 13.0 Å². The van der Waals surface area contributed by atoms with Gasteiger partial charge in [-0.2, -0.15) is 0 Å². The van der Waals surface area contributed by atoms with E-state index in [0.29, 0.717) is 5.92 Å². The number of rotatable bonds is 4. The van der Waals surface area contributed by atoms with Gasteiger partial charge in [0.25, 0.3) is 0 Å². The first-order chi connectivity index (χ1) is 7.81. The zero-order chi connectivity index (χ0) is 11.4. The summed E-state index contributed by atoms with van der Waals surface area (Å²) in [5.41, 5.74) is 8.64. The van der Waals surface area contributed by atoms with Crippen molar-refractivity contribution in [1.29, 1.82) is 0 Å². The Labute approximate surface area is 101 Å². The molecule has 2 rings (SSSR count). The Morgan fingerprint density at radius 2 is 2.00 bits per heavy atom. The zero-order valence-corrected chi connectivity index (χ0v) is 10.3. The van der Waals surface area contributed by atoms with E-state index >= 15 is 0 Å². The summed E-state index contributed by atoms with van der Waals surface area (Å²) in [6.07, 6.45) is 1.05. The quantitative estimate of drug-likeness (QED) is 0.858. The van der Waals surface area contributed by atoms with Gasteiger partial charge in [0, 0.05) is 17.3 Å². The second-order valence-electron chi connectivity index (χ2n) is 4.08. The van der Waals surface area contributed by atoms with Crippen LogP contribution in [0.3, 0.4) is 0 Å². The molecule has 84 valence electrons. The molecule has 1 aromatic heterocycles. The van der Waals surface area contributed by atoms with Crippen molar-refractivity contribution in [1.82, 2.24) is 0 Å². The fourth-order valence-corrected chi connectivity index (χ4v) is 2.77. The van der Waals surface area contributed by atoms with Gasteiger partial charge < -0.3 is 5.73 Å². The molecule has 1 aromatic carbocycles. The van der Waals surface area contributed by atoms with Gasteiger partial charge in [0.15, 0.2) is 0 Å². The molecule has 2 N–H and O–H groups in total. The van der Waals surface area contributed by atoms with Gasteiger partial charge in [0.05, 0.1) is 0 Å². The van der Waals surface area contributed by atoms with E-state index in [2.05, 4.69) is 48.7 Å². The minimum Gasteiger partial charge on any atom is -0.330 e. The molecule has 2 heteroatoms. The van der Waals surface area contributed by atoms with Gasteiger partial charge in [-0.3, -0.25) is 0 Å². The maximum absolute atomic E-state index is 5.87. The molecule has 2 aromatic rings. The lowest BCUT2D eigenvalue weighted by atomic mass is 9.95. The number of hydrogen-bond acceptors (Lipinski definition) is 2. The van der Waals surface area contributed by atoms with Crippen LogP contribution in [-0.4, -0.2) is 6.54 Å². The van der Waals surface area contributed by atoms with Crippen LogP contribution < -0.4 is 5.73 Å². The molecule has 0 aliphatic rings. The van der Waals surface area contributed by atoms with Crippen LogP contribution in [0.4, 0.5) is 0 Å². The van der Waals surface area contributed by atoms with Crippen LogP contribution in [0.15, 0.2) is 41.8 Å². The van der Waals surface area contributed by atoms with Crippen molar-refractivity contribution >= 4 is 11.3 Å². The van der Waals surface area contributed by atoms with Crippen LogP contribution >= 0.6 is 11.3 Å². The van der Waals surface area contributed by atoms with Crippen LogP contribution in [-0.2, 0) is 6.42 Å². The smallest absolute Gasteiger partial charge is 0.00959 e. The molecule has 0 radical (unpaired) electrons. The Kier molecular flexibility index (Phi) is 3.75. The monoisotopic (exact) mass is 231 g/mol. The normalized spacial score (nSPS) is 12.6. The lowest BCUT2D eigenvalue weighted by Gasteiger charge is -2.14. The largest absolute Gasteiger partial charge is 0.330 e. The molecule has 1 nitrogen and oxygen atoms in total. The molecule has 1 atom stereocenters. The summed E-state index contributed by atoms with van der Waals surface area (Å²) in [5, 5.41) is 2.12. The lowest BCUT2D eigenvalue weighted by molar-refractivity contribution is 0.704. The summed E-state index contributed by atoms with van der Waals surface area (Å²) < 4.78 is 0. The molecule has 16 heavy (non-hydrogen) atoms. The van der Waals surface area contributed by atoms with Crippen LogP contribution in [0, 0.1) is 6.92 Å². The molecule has 1 heterocycles. The third kappa shape index (κ3) is 2.52. The van der Waals surface area contributed by atoms with Crippen LogP contribution in [0.5, 0.6) is 0 Å². The van der Waals surface area contributed by atoms with Gasteiger partial charge in [-0.15, -0.1) is 11.3 Å². The fraction of sp³-hybridized carbons (Fsp3) is 0.286. The van der Waals surface area contributed by atoms with E-state index in [1.165, 1.54) is 16.0 Å². The number of hydrogen-bond donors (Lipinski definition) is 1. The molecular formula is C14H17NS. The summed E-state index contributed by atoms with van der Waals surface area (Å²) in [6, 6.07) is 12.8. The predicted molar refractivity (Wildman–Crippen MR) is 71.0 cm³/mol. The van der Waals surface area contributed by atoms with Crippen LogP contribution in [0.25, 0.3) is 0 Å². The third-order valence-corrected chi connectivity index (χ3v) is 3.99. The summed E-state index contributed by atoms with van der Waals surface area (Å²) in [4.78, 5) is 1.39. The van der Waals surface area contributed by atoms with E-state index in [9.17, 15) is 0 Å². The number of benzene rings is 1. The van der Waals surface area contributed by atoms with E-state index in [4.69, 9.17) is 5.73 Å². The first-order valence-electron chi connectivity index (χ1n) is 5.59. The summed E-state index contributed by atoms with van der Waals surface area (Å²) in [7, 11) is 0. The Bertz CT molecular complexity index is 434. The van der Waals surface area contributed by atoms with Crippen molar-refractivity contribution in [3.8, 4) is 0 Å². The highest BCUT2D eigenvalue weighted by atomic mass is 32.1. The summed E-state index contributed by atoms with van der Waals surface area (Å²) in [6.45, 7) is 2.88. The molecule has 0 amide bonds. The Morgan fingerprint density at radius 3 is 2.62 bits per heavy atom. The van der Waals surface area contributed by atoms with Crippen LogP contribution in [0.1, 0.15) is 21.9 Å². The van der Waals surface area contributed by atoms with Crippen molar-refractivity contribution in [3.05, 3.63) is 57.8 Å². The van der Waals surface area contributed by atoms with Gasteiger partial charge in [-0.05, 0) is 35.9 Å². The number of aryl methyl sites for hydroxylation is 1. The average molecular weight is 231 g/mol. The SMILES string of the molecule is Cc1ccccc1CC(CN)c1cccs1. The number of thiophene rings is 1. The maximum Gasteiger partial charge on any atom is 0.00959 e. The second kappa shape index (κ2) is 5.28. The van der Waals surface area contributed by atoms with E-state index < -0.39 is 0 Å². The molecule has 0 saturated heterocycles. The van der Waals surface area contributed by atoms with Crippen molar-refractivity contribution in [2.24, 2.45) is 5.73 Å². The first-order valence-corrected chi connectivity index (χ1v) is 6.47. The number of nitrogens with two attached hydrogens (primary N) is 1. The Balaban J connectivity index is 2.17. The van der Waals surface area contributed by atoms with Gasteiger partial charge in [0.1, 0.15) is 0 Å². The average Bonchev–Trinajstić information content (AvgIpc) is 2.81. The van der Waals surface area contributed by atoms with E-state index in [1.807, 2.05) is 0 Å². The van der Waals surface area contributed by atoms with Gasteiger partial charge in [-0.1, -0.05) is 30.3 Å². The topological polar surface area (TPSA) is 26.0 Å². The van der Waals surface area contributed by atoms with Crippen LogP contribution in [0.2, 0.25) is 0 Å². The molecule has 0 saturated carbocycles. The van der Waals surface area contributed by atoms with Crippen molar-refractivity contribution < 1.29 is 0 Å². The third-order valence-electron chi connectivity index (χ3n) is 2.96.